The normalized spacial score (nSPS) is 23.4. The number of nitrogens with zero attached hydrogens (tertiary/aromatic N) is 2. The van der Waals surface area contributed by atoms with E-state index in [-0.39, 0.29) is 12.6 Å². The average molecular weight is 360 g/mol. The van der Waals surface area contributed by atoms with E-state index < -0.39 is 5.60 Å². The topological polar surface area (TPSA) is 65.4 Å². The molecule has 1 atom stereocenters. The fourth-order valence-electron chi connectivity index (χ4n) is 2.74. The molecule has 1 N–H and O–H groups in total. The molecule has 0 aliphatic carbocycles. The van der Waals surface area contributed by atoms with Crippen molar-refractivity contribution in [2.45, 2.75) is 31.3 Å². The van der Waals surface area contributed by atoms with Gasteiger partial charge < -0.3 is 19.4 Å². The SMILES string of the molecule is COC(=O)COC1(c2nc(Br)cn2C)CCCCNCC1. The van der Waals surface area contributed by atoms with Crippen LogP contribution in [0.3, 0.4) is 0 Å². The van der Waals surface area contributed by atoms with Crippen LogP contribution >= 0.6 is 15.9 Å². The molecule has 0 amide bonds. The number of aryl methyl sites for hydroxylation is 1. The highest BCUT2D eigenvalue weighted by molar-refractivity contribution is 9.10. The molecule has 0 spiro atoms. The first kappa shape index (κ1) is 16.5. The smallest absolute Gasteiger partial charge is 0.331 e. The van der Waals surface area contributed by atoms with Crippen molar-refractivity contribution in [3.8, 4) is 0 Å². The molecule has 21 heavy (non-hydrogen) atoms. The van der Waals surface area contributed by atoms with Crippen molar-refractivity contribution < 1.29 is 14.3 Å². The van der Waals surface area contributed by atoms with Gasteiger partial charge in [-0.05, 0) is 54.7 Å². The number of hydrogen-bond donors (Lipinski definition) is 1. The quantitative estimate of drug-likeness (QED) is 0.829. The Balaban J connectivity index is 2.27. The number of halogens is 1. The largest absolute Gasteiger partial charge is 0.467 e. The molecule has 2 rings (SSSR count). The van der Waals surface area contributed by atoms with Gasteiger partial charge in [-0.2, -0.15) is 0 Å². The van der Waals surface area contributed by atoms with E-state index in [1.165, 1.54) is 7.11 Å². The van der Waals surface area contributed by atoms with E-state index in [0.717, 1.165) is 49.2 Å². The number of aromatic nitrogens is 2. The maximum absolute atomic E-state index is 11.5. The highest BCUT2D eigenvalue weighted by Gasteiger charge is 2.38. The van der Waals surface area contributed by atoms with E-state index in [1.54, 1.807) is 0 Å². The highest BCUT2D eigenvalue weighted by Crippen LogP contribution is 2.35. The molecule has 1 aromatic rings. The Hall–Kier alpha value is -0.920. The van der Waals surface area contributed by atoms with Gasteiger partial charge in [0.2, 0.25) is 0 Å². The third-order valence-electron chi connectivity index (χ3n) is 3.84. The molecule has 7 heteroatoms. The maximum Gasteiger partial charge on any atom is 0.331 e. The van der Waals surface area contributed by atoms with Crippen molar-refractivity contribution >= 4 is 21.9 Å². The molecular formula is C14H22BrN3O3. The lowest BCUT2D eigenvalue weighted by atomic mass is 9.90. The number of methoxy groups -OCH3 is 1. The third kappa shape index (κ3) is 4.05. The summed E-state index contributed by atoms with van der Waals surface area (Å²) >= 11 is 3.41. The van der Waals surface area contributed by atoms with Crippen LogP contribution in [0, 0.1) is 0 Å². The fraction of sp³-hybridized carbons (Fsp3) is 0.714. The molecule has 2 heterocycles. The van der Waals surface area contributed by atoms with Gasteiger partial charge in [-0.1, -0.05) is 0 Å². The highest BCUT2D eigenvalue weighted by atomic mass is 79.9. The molecule has 1 saturated heterocycles. The van der Waals surface area contributed by atoms with Gasteiger partial charge in [0.15, 0.2) is 0 Å². The molecule has 1 aromatic heterocycles. The molecule has 0 bridgehead atoms. The number of hydrogen-bond acceptors (Lipinski definition) is 5. The molecule has 118 valence electrons. The average Bonchev–Trinajstić information content (AvgIpc) is 2.77. The van der Waals surface area contributed by atoms with Gasteiger partial charge in [-0.15, -0.1) is 0 Å². The second-order valence-electron chi connectivity index (χ2n) is 5.31. The summed E-state index contributed by atoms with van der Waals surface area (Å²) in [5.74, 6) is 0.486. The van der Waals surface area contributed by atoms with Gasteiger partial charge in [0.05, 0.1) is 7.11 Å². The van der Waals surface area contributed by atoms with Crippen molar-refractivity contribution in [1.82, 2.24) is 14.9 Å². The van der Waals surface area contributed by atoms with E-state index in [2.05, 4.69) is 26.2 Å². The maximum atomic E-state index is 11.5. The Bertz CT molecular complexity index is 482. The minimum absolute atomic E-state index is 0.0546. The summed E-state index contributed by atoms with van der Waals surface area (Å²) in [6.07, 6.45) is 5.66. The number of rotatable bonds is 4. The first-order chi connectivity index (χ1) is 10.1. The lowest BCUT2D eigenvalue weighted by molar-refractivity contribution is -0.156. The summed E-state index contributed by atoms with van der Waals surface area (Å²) in [5.41, 5.74) is -0.553. The van der Waals surface area contributed by atoms with Crippen LogP contribution in [0.4, 0.5) is 0 Å². The van der Waals surface area contributed by atoms with Gasteiger partial charge >= 0.3 is 5.97 Å². The van der Waals surface area contributed by atoms with Gasteiger partial charge in [0.1, 0.15) is 22.6 Å². The molecule has 1 aliphatic heterocycles. The number of carbonyl (C=O) groups is 1. The monoisotopic (exact) mass is 359 g/mol. The fourth-order valence-corrected chi connectivity index (χ4v) is 3.22. The molecule has 0 aromatic carbocycles. The van der Waals surface area contributed by atoms with Crippen molar-refractivity contribution in [1.29, 1.82) is 0 Å². The predicted octanol–water partition coefficient (Wildman–Crippen LogP) is 1.73. The lowest BCUT2D eigenvalue weighted by Crippen LogP contribution is -2.39. The minimum Gasteiger partial charge on any atom is -0.467 e. The van der Waals surface area contributed by atoms with Crippen LogP contribution in [0.15, 0.2) is 10.8 Å². The summed E-state index contributed by atoms with van der Waals surface area (Å²) in [6, 6.07) is 0. The Labute approximate surface area is 133 Å². The standard InChI is InChI=1S/C14H22BrN3O3/c1-18-9-11(15)17-13(18)14(21-10-12(19)20-2)5-3-4-7-16-8-6-14/h9,16H,3-8,10H2,1-2H3. The van der Waals surface area contributed by atoms with E-state index in [4.69, 9.17) is 9.47 Å². The Kier molecular flexibility index (Phi) is 5.78. The lowest BCUT2D eigenvalue weighted by Gasteiger charge is -2.34. The first-order valence-corrected chi connectivity index (χ1v) is 7.97. The van der Waals surface area contributed by atoms with Crippen molar-refractivity contribution in [3.05, 3.63) is 16.6 Å². The molecule has 1 unspecified atom stereocenters. The predicted molar refractivity (Wildman–Crippen MR) is 81.9 cm³/mol. The summed E-state index contributed by atoms with van der Waals surface area (Å²) < 4.78 is 13.5. The van der Waals surface area contributed by atoms with Gasteiger partial charge in [-0.25, -0.2) is 9.78 Å². The van der Waals surface area contributed by atoms with Crippen LogP contribution in [-0.4, -0.2) is 42.3 Å². The second kappa shape index (κ2) is 7.38. The molecule has 1 fully saturated rings. The van der Waals surface area contributed by atoms with Crippen molar-refractivity contribution in [2.24, 2.45) is 7.05 Å². The number of ether oxygens (including phenoxy) is 2. The van der Waals surface area contributed by atoms with Crippen LogP contribution in [-0.2, 0) is 26.9 Å². The van der Waals surface area contributed by atoms with Crippen molar-refractivity contribution in [3.63, 3.8) is 0 Å². The van der Waals surface area contributed by atoms with Crippen LogP contribution in [0.25, 0.3) is 0 Å². The van der Waals surface area contributed by atoms with E-state index in [1.807, 2.05) is 17.8 Å². The third-order valence-corrected chi connectivity index (χ3v) is 4.22. The Morgan fingerprint density at radius 1 is 1.48 bits per heavy atom. The van der Waals surface area contributed by atoms with E-state index in [0.29, 0.717) is 0 Å². The van der Waals surface area contributed by atoms with Gasteiger partial charge in [0, 0.05) is 13.2 Å². The number of imidazole rings is 1. The summed E-state index contributed by atoms with van der Waals surface area (Å²) in [6.45, 7) is 1.81. The number of carbonyl (C=O) groups excluding carboxylic acids is 1. The molecule has 6 nitrogen and oxygen atoms in total. The summed E-state index contributed by atoms with van der Waals surface area (Å²) in [7, 11) is 3.32. The number of nitrogens with one attached hydrogen (secondary N) is 1. The molecule has 1 aliphatic rings. The Morgan fingerprint density at radius 3 is 2.95 bits per heavy atom. The Morgan fingerprint density at radius 2 is 2.29 bits per heavy atom. The van der Waals surface area contributed by atoms with Crippen LogP contribution in [0.2, 0.25) is 0 Å². The molecular weight excluding hydrogens is 338 g/mol. The van der Waals surface area contributed by atoms with E-state index in [9.17, 15) is 4.79 Å². The van der Waals surface area contributed by atoms with Crippen molar-refractivity contribution in [2.75, 3.05) is 26.8 Å². The zero-order valence-corrected chi connectivity index (χ0v) is 14.1. The zero-order chi connectivity index (χ0) is 15.3. The van der Waals surface area contributed by atoms with Gasteiger partial charge in [0.25, 0.3) is 0 Å². The van der Waals surface area contributed by atoms with E-state index >= 15 is 0 Å². The minimum atomic E-state index is -0.553. The molecule has 0 radical (unpaired) electrons. The first-order valence-electron chi connectivity index (χ1n) is 7.18. The van der Waals surface area contributed by atoms with Crippen LogP contribution in [0.5, 0.6) is 0 Å². The van der Waals surface area contributed by atoms with Crippen LogP contribution < -0.4 is 5.32 Å². The molecule has 0 saturated carbocycles. The van der Waals surface area contributed by atoms with Gasteiger partial charge in [-0.3, -0.25) is 0 Å². The second-order valence-corrected chi connectivity index (χ2v) is 6.13. The van der Waals surface area contributed by atoms with Crippen LogP contribution in [0.1, 0.15) is 31.5 Å². The zero-order valence-electron chi connectivity index (χ0n) is 12.5. The number of esters is 1. The summed E-state index contributed by atoms with van der Waals surface area (Å²) in [4.78, 5) is 16.0. The summed E-state index contributed by atoms with van der Waals surface area (Å²) in [5, 5.41) is 3.39.